The summed E-state index contributed by atoms with van der Waals surface area (Å²) >= 11 is 0. The second-order valence-electron chi connectivity index (χ2n) is 2.16. The van der Waals surface area contributed by atoms with Gasteiger partial charge in [-0.15, -0.1) is 0 Å². The van der Waals surface area contributed by atoms with E-state index in [4.69, 9.17) is 0 Å². The van der Waals surface area contributed by atoms with Gasteiger partial charge < -0.3 is 0 Å². The van der Waals surface area contributed by atoms with E-state index in [1.807, 2.05) is 6.92 Å². The summed E-state index contributed by atoms with van der Waals surface area (Å²) in [5.41, 5.74) is 0.682. The minimum Gasteiger partial charge on any atom is -0.294 e. The summed E-state index contributed by atoms with van der Waals surface area (Å²) < 4.78 is 0. The molecule has 0 aliphatic carbocycles. The lowest BCUT2D eigenvalue weighted by molar-refractivity contribution is 0.0982. The fourth-order valence-corrected chi connectivity index (χ4v) is 0.775. The van der Waals surface area contributed by atoms with Crippen molar-refractivity contribution in [1.82, 2.24) is 10.2 Å². The predicted octanol–water partition coefficient (Wildman–Crippen LogP) is 1.39. The molecule has 3 nitrogen and oxygen atoms in total. The SMILES string of the molecule is CCCC(=O)c1cn[nH]c1. The van der Waals surface area contributed by atoms with E-state index < -0.39 is 0 Å². The molecule has 0 amide bonds. The van der Waals surface area contributed by atoms with Gasteiger partial charge in [-0.2, -0.15) is 5.10 Å². The minimum absolute atomic E-state index is 0.163. The quantitative estimate of drug-likeness (QED) is 0.641. The first-order valence-electron chi connectivity index (χ1n) is 3.36. The third-order valence-electron chi connectivity index (χ3n) is 1.30. The van der Waals surface area contributed by atoms with Crippen molar-refractivity contribution in [2.75, 3.05) is 0 Å². The molecular weight excluding hydrogens is 128 g/mol. The average molecular weight is 138 g/mol. The Kier molecular flexibility index (Phi) is 2.20. The van der Waals surface area contributed by atoms with Gasteiger partial charge in [0.2, 0.25) is 0 Å². The molecule has 0 bridgehead atoms. The molecule has 0 aliphatic heterocycles. The molecular formula is C7H10N2O. The van der Waals surface area contributed by atoms with Crippen LogP contribution in [-0.4, -0.2) is 16.0 Å². The number of carbonyl (C=O) groups excluding carboxylic acids is 1. The van der Waals surface area contributed by atoms with Crippen LogP contribution in [0.2, 0.25) is 0 Å². The van der Waals surface area contributed by atoms with Gasteiger partial charge >= 0.3 is 0 Å². The van der Waals surface area contributed by atoms with Crippen molar-refractivity contribution in [2.24, 2.45) is 0 Å². The maximum absolute atomic E-state index is 11.0. The number of aromatic amines is 1. The number of aromatic nitrogens is 2. The molecule has 0 atom stereocenters. The van der Waals surface area contributed by atoms with Crippen molar-refractivity contribution in [1.29, 1.82) is 0 Å². The molecule has 0 aromatic carbocycles. The fourth-order valence-electron chi connectivity index (χ4n) is 0.775. The Balaban J connectivity index is 2.59. The number of ketones is 1. The zero-order chi connectivity index (χ0) is 7.40. The summed E-state index contributed by atoms with van der Waals surface area (Å²) in [5, 5.41) is 6.28. The number of nitrogens with one attached hydrogen (secondary N) is 1. The van der Waals surface area contributed by atoms with Crippen LogP contribution in [0.4, 0.5) is 0 Å². The van der Waals surface area contributed by atoms with Crippen molar-refractivity contribution in [3.63, 3.8) is 0 Å². The Labute approximate surface area is 59.4 Å². The van der Waals surface area contributed by atoms with E-state index in [0.29, 0.717) is 12.0 Å². The molecule has 1 aromatic rings. The standard InChI is InChI=1S/C7H10N2O/c1-2-3-7(10)6-4-8-9-5-6/h4-5H,2-3H2,1H3,(H,8,9). The molecule has 54 valence electrons. The second kappa shape index (κ2) is 3.15. The van der Waals surface area contributed by atoms with E-state index in [9.17, 15) is 4.79 Å². The lowest BCUT2D eigenvalue weighted by atomic mass is 10.1. The normalized spacial score (nSPS) is 9.70. The molecule has 1 N–H and O–H groups in total. The largest absolute Gasteiger partial charge is 0.294 e. The molecule has 1 rings (SSSR count). The smallest absolute Gasteiger partial charge is 0.166 e. The monoisotopic (exact) mass is 138 g/mol. The Hall–Kier alpha value is -1.12. The van der Waals surface area contributed by atoms with E-state index >= 15 is 0 Å². The molecule has 10 heavy (non-hydrogen) atoms. The summed E-state index contributed by atoms with van der Waals surface area (Å²) in [7, 11) is 0. The van der Waals surface area contributed by atoms with Gasteiger partial charge in [-0.3, -0.25) is 9.89 Å². The summed E-state index contributed by atoms with van der Waals surface area (Å²) in [6.45, 7) is 1.98. The van der Waals surface area contributed by atoms with Gasteiger partial charge in [0.1, 0.15) is 0 Å². The number of H-pyrrole nitrogens is 1. The predicted molar refractivity (Wildman–Crippen MR) is 37.8 cm³/mol. The molecule has 0 spiro atoms. The molecule has 0 saturated heterocycles. The van der Waals surface area contributed by atoms with Crippen LogP contribution < -0.4 is 0 Å². The van der Waals surface area contributed by atoms with Crippen molar-refractivity contribution >= 4 is 5.78 Å². The maximum Gasteiger partial charge on any atom is 0.166 e. The van der Waals surface area contributed by atoms with Crippen LogP contribution in [0.25, 0.3) is 0 Å². The molecule has 0 aliphatic rings. The van der Waals surface area contributed by atoms with Crippen LogP contribution in [0.3, 0.4) is 0 Å². The number of rotatable bonds is 3. The highest BCUT2D eigenvalue weighted by atomic mass is 16.1. The Morgan fingerprint density at radius 1 is 1.80 bits per heavy atom. The van der Waals surface area contributed by atoms with Gasteiger partial charge in [0.15, 0.2) is 5.78 Å². The number of carbonyl (C=O) groups is 1. The molecule has 0 unspecified atom stereocenters. The molecule has 1 heterocycles. The van der Waals surface area contributed by atoms with E-state index in [1.54, 1.807) is 12.4 Å². The molecule has 0 radical (unpaired) electrons. The highest BCUT2D eigenvalue weighted by molar-refractivity contribution is 5.95. The molecule has 0 saturated carbocycles. The van der Waals surface area contributed by atoms with Crippen LogP contribution in [0, 0.1) is 0 Å². The average Bonchev–Trinajstić information content (AvgIpc) is 2.38. The Morgan fingerprint density at radius 2 is 2.60 bits per heavy atom. The Bertz CT molecular complexity index is 203. The lowest BCUT2D eigenvalue weighted by Gasteiger charge is -1.89. The summed E-state index contributed by atoms with van der Waals surface area (Å²) in [5.74, 6) is 0.163. The van der Waals surface area contributed by atoms with Crippen molar-refractivity contribution < 1.29 is 4.79 Å². The van der Waals surface area contributed by atoms with E-state index in [0.717, 1.165) is 6.42 Å². The van der Waals surface area contributed by atoms with Gasteiger partial charge in [-0.05, 0) is 6.42 Å². The highest BCUT2D eigenvalue weighted by Gasteiger charge is 2.03. The number of Topliss-reactive ketones (excluding diaryl/α,β-unsaturated/α-hetero) is 1. The van der Waals surface area contributed by atoms with Crippen LogP contribution in [0.5, 0.6) is 0 Å². The summed E-state index contributed by atoms with van der Waals surface area (Å²) in [6, 6.07) is 0. The van der Waals surface area contributed by atoms with Crippen LogP contribution in [0.1, 0.15) is 30.1 Å². The third kappa shape index (κ3) is 1.43. The summed E-state index contributed by atoms with van der Waals surface area (Å²) in [6.07, 6.45) is 4.68. The van der Waals surface area contributed by atoms with Gasteiger partial charge in [-0.25, -0.2) is 0 Å². The van der Waals surface area contributed by atoms with Gasteiger partial charge in [0.05, 0.1) is 11.8 Å². The zero-order valence-corrected chi connectivity index (χ0v) is 5.92. The molecule has 1 aromatic heterocycles. The van der Waals surface area contributed by atoms with E-state index in [2.05, 4.69) is 10.2 Å². The number of hydrogen-bond donors (Lipinski definition) is 1. The first-order chi connectivity index (χ1) is 4.84. The first kappa shape index (κ1) is 6.99. The minimum atomic E-state index is 0.163. The van der Waals surface area contributed by atoms with Crippen molar-refractivity contribution in [2.45, 2.75) is 19.8 Å². The first-order valence-corrected chi connectivity index (χ1v) is 3.36. The van der Waals surface area contributed by atoms with Crippen LogP contribution in [-0.2, 0) is 0 Å². The van der Waals surface area contributed by atoms with Crippen molar-refractivity contribution in [3.8, 4) is 0 Å². The van der Waals surface area contributed by atoms with E-state index in [1.165, 1.54) is 0 Å². The molecule has 3 heteroatoms. The fraction of sp³-hybridized carbons (Fsp3) is 0.429. The number of nitrogens with zero attached hydrogens (tertiary/aromatic N) is 1. The van der Waals surface area contributed by atoms with Crippen molar-refractivity contribution in [3.05, 3.63) is 18.0 Å². The van der Waals surface area contributed by atoms with Crippen LogP contribution in [0.15, 0.2) is 12.4 Å². The molecule has 0 fully saturated rings. The third-order valence-corrected chi connectivity index (χ3v) is 1.30. The topological polar surface area (TPSA) is 45.8 Å². The van der Waals surface area contributed by atoms with E-state index in [-0.39, 0.29) is 5.78 Å². The second-order valence-corrected chi connectivity index (χ2v) is 2.16. The van der Waals surface area contributed by atoms with Crippen LogP contribution >= 0.6 is 0 Å². The highest BCUT2D eigenvalue weighted by Crippen LogP contribution is 2.00. The van der Waals surface area contributed by atoms with Gasteiger partial charge in [0.25, 0.3) is 0 Å². The summed E-state index contributed by atoms with van der Waals surface area (Å²) in [4.78, 5) is 11.0. The zero-order valence-electron chi connectivity index (χ0n) is 5.92. The number of hydrogen-bond acceptors (Lipinski definition) is 2. The maximum atomic E-state index is 11.0. The van der Waals surface area contributed by atoms with Gasteiger partial charge in [-0.1, -0.05) is 6.92 Å². The Morgan fingerprint density at radius 3 is 3.10 bits per heavy atom. The van der Waals surface area contributed by atoms with Gasteiger partial charge in [0, 0.05) is 12.6 Å². The lowest BCUT2D eigenvalue weighted by Crippen LogP contribution is -1.94.